The average molecular weight is 277 g/mol. The third-order valence-electron chi connectivity index (χ3n) is 3.08. The molecule has 0 atom stereocenters. The van der Waals surface area contributed by atoms with Gasteiger partial charge in [-0.15, -0.1) is 0 Å². The van der Waals surface area contributed by atoms with Crippen LogP contribution in [-0.2, 0) is 0 Å². The Balaban J connectivity index is 2.06. The number of nitrogens with zero attached hydrogens (tertiary/aromatic N) is 1. The van der Waals surface area contributed by atoms with E-state index in [1.165, 1.54) is 6.42 Å². The molecular weight excluding hydrogens is 254 g/mol. The molecule has 1 aromatic carbocycles. The highest BCUT2D eigenvalue weighted by Crippen LogP contribution is 2.30. The van der Waals surface area contributed by atoms with E-state index in [1.54, 1.807) is 11.0 Å². The van der Waals surface area contributed by atoms with Crippen molar-refractivity contribution in [3.05, 3.63) is 24.3 Å². The number of likely N-dealkylation sites (tertiary alicyclic amines) is 1. The van der Waals surface area contributed by atoms with Gasteiger partial charge in [-0.1, -0.05) is 12.1 Å². The fraction of sp³-hybridized carbons (Fsp3) is 0.562. The van der Waals surface area contributed by atoms with Crippen molar-refractivity contribution in [1.29, 1.82) is 0 Å². The van der Waals surface area contributed by atoms with Gasteiger partial charge in [0.15, 0.2) is 11.5 Å². The van der Waals surface area contributed by atoms with Gasteiger partial charge in [-0.3, -0.25) is 0 Å². The van der Waals surface area contributed by atoms with Crippen LogP contribution in [0.2, 0.25) is 0 Å². The Morgan fingerprint density at radius 3 is 2.25 bits per heavy atom. The van der Waals surface area contributed by atoms with Gasteiger partial charge in [0.25, 0.3) is 0 Å². The number of amides is 1. The predicted octanol–water partition coefficient (Wildman–Crippen LogP) is 3.85. The monoisotopic (exact) mass is 277 g/mol. The van der Waals surface area contributed by atoms with Crippen LogP contribution in [0.5, 0.6) is 11.5 Å². The van der Waals surface area contributed by atoms with E-state index in [0.717, 1.165) is 25.9 Å². The van der Waals surface area contributed by atoms with Gasteiger partial charge >= 0.3 is 6.09 Å². The molecule has 20 heavy (non-hydrogen) atoms. The number of ether oxygens (including phenoxy) is 2. The van der Waals surface area contributed by atoms with Crippen molar-refractivity contribution in [2.75, 3.05) is 13.1 Å². The summed E-state index contributed by atoms with van der Waals surface area (Å²) in [6.07, 6.45) is 3.01. The van der Waals surface area contributed by atoms with Gasteiger partial charge in [-0.25, -0.2) is 4.79 Å². The minimum Gasteiger partial charge on any atom is -0.484 e. The summed E-state index contributed by atoms with van der Waals surface area (Å²) in [7, 11) is 0. The number of rotatable bonds is 2. The highest BCUT2D eigenvalue weighted by Gasteiger charge is 2.21. The van der Waals surface area contributed by atoms with Gasteiger partial charge in [0.2, 0.25) is 0 Å². The first-order valence-corrected chi connectivity index (χ1v) is 7.20. The molecule has 0 radical (unpaired) electrons. The van der Waals surface area contributed by atoms with Crippen molar-refractivity contribution in [2.45, 2.75) is 45.6 Å². The molecule has 1 heterocycles. The molecule has 0 unspecified atom stereocenters. The van der Waals surface area contributed by atoms with Crippen molar-refractivity contribution in [2.24, 2.45) is 0 Å². The van der Waals surface area contributed by atoms with Gasteiger partial charge in [0.1, 0.15) is 5.60 Å². The van der Waals surface area contributed by atoms with E-state index in [9.17, 15) is 4.79 Å². The first-order chi connectivity index (χ1) is 9.46. The van der Waals surface area contributed by atoms with E-state index in [4.69, 9.17) is 9.47 Å². The third kappa shape index (κ3) is 4.15. The maximum Gasteiger partial charge on any atom is 0.415 e. The van der Waals surface area contributed by atoms with Crippen LogP contribution >= 0.6 is 0 Å². The van der Waals surface area contributed by atoms with E-state index in [1.807, 2.05) is 39.0 Å². The molecule has 2 rings (SSSR count). The number of benzene rings is 1. The topological polar surface area (TPSA) is 38.8 Å². The highest BCUT2D eigenvalue weighted by atomic mass is 16.6. The minimum atomic E-state index is -0.326. The summed E-state index contributed by atoms with van der Waals surface area (Å²) in [5.74, 6) is 1.09. The molecule has 4 heteroatoms. The van der Waals surface area contributed by atoms with Gasteiger partial charge in [0.05, 0.1) is 0 Å². The molecule has 0 aromatic heterocycles. The number of para-hydroxylation sites is 2. The normalized spacial score (nSPS) is 15.8. The van der Waals surface area contributed by atoms with Gasteiger partial charge in [-0.05, 0) is 52.2 Å². The quantitative estimate of drug-likeness (QED) is 0.824. The Morgan fingerprint density at radius 1 is 1.05 bits per heavy atom. The first kappa shape index (κ1) is 14.7. The zero-order valence-electron chi connectivity index (χ0n) is 12.5. The van der Waals surface area contributed by atoms with Crippen LogP contribution in [0.4, 0.5) is 4.79 Å². The first-order valence-electron chi connectivity index (χ1n) is 7.20. The van der Waals surface area contributed by atoms with Crippen LogP contribution in [0.25, 0.3) is 0 Å². The second-order valence-corrected chi connectivity index (χ2v) is 6.08. The van der Waals surface area contributed by atoms with E-state index < -0.39 is 0 Å². The van der Waals surface area contributed by atoms with Crippen molar-refractivity contribution in [3.8, 4) is 11.5 Å². The number of hydrogen-bond donors (Lipinski definition) is 0. The Labute approximate surface area is 120 Å². The number of carbonyl (C=O) groups is 1. The molecule has 1 fully saturated rings. The highest BCUT2D eigenvalue weighted by molar-refractivity contribution is 5.71. The third-order valence-corrected chi connectivity index (χ3v) is 3.08. The Morgan fingerprint density at radius 2 is 1.65 bits per heavy atom. The summed E-state index contributed by atoms with van der Waals surface area (Å²) in [6.45, 7) is 7.46. The van der Waals surface area contributed by atoms with Gasteiger partial charge in [0, 0.05) is 13.1 Å². The van der Waals surface area contributed by atoms with E-state index >= 15 is 0 Å². The SMILES string of the molecule is CC(C)(C)Oc1ccccc1OC(=O)N1CCCCC1. The molecule has 110 valence electrons. The van der Waals surface area contributed by atoms with E-state index in [-0.39, 0.29) is 11.7 Å². The minimum absolute atomic E-state index is 0.283. The molecule has 0 aliphatic carbocycles. The Kier molecular flexibility index (Phi) is 4.53. The van der Waals surface area contributed by atoms with Crippen molar-refractivity contribution >= 4 is 6.09 Å². The van der Waals surface area contributed by atoms with Gasteiger partial charge in [-0.2, -0.15) is 0 Å². The summed E-state index contributed by atoms with van der Waals surface area (Å²) in [5.41, 5.74) is -0.326. The number of piperidine rings is 1. The fourth-order valence-electron chi connectivity index (χ4n) is 2.18. The van der Waals surface area contributed by atoms with Gasteiger partial charge < -0.3 is 14.4 Å². The Hall–Kier alpha value is -1.71. The van der Waals surface area contributed by atoms with Crippen molar-refractivity contribution in [3.63, 3.8) is 0 Å². The van der Waals surface area contributed by atoms with Crippen LogP contribution in [0.15, 0.2) is 24.3 Å². The molecule has 1 aliphatic heterocycles. The summed E-state index contributed by atoms with van der Waals surface area (Å²) < 4.78 is 11.3. The standard InChI is InChI=1S/C16H23NO3/c1-16(2,3)20-14-10-6-5-9-13(14)19-15(18)17-11-7-4-8-12-17/h5-6,9-10H,4,7-8,11-12H2,1-3H3. The fourth-order valence-corrected chi connectivity index (χ4v) is 2.18. The molecule has 0 saturated carbocycles. The van der Waals surface area contributed by atoms with Crippen LogP contribution < -0.4 is 9.47 Å². The molecule has 4 nitrogen and oxygen atoms in total. The molecule has 1 aromatic rings. The maximum atomic E-state index is 12.1. The lowest BCUT2D eigenvalue weighted by Gasteiger charge is -2.27. The lowest BCUT2D eigenvalue weighted by molar-refractivity contribution is 0.116. The largest absolute Gasteiger partial charge is 0.484 e. The summed E-state index contributed by atoms with van der Waals surface area (Å²) in [6, 6.07) is 7.31. The predicted molar refractivity (Wildman–Crippen MR) is 78.3 cm³/mol. The summed E-state index contributed by atoms with van der Waals surface area (Å²) in [5, 5.41) is 0. The van der Waals surface area contributed by atoms with Crippen LogP contribution in [0.1, 0.15) is 40.0 Å². The lowest BCUT2D eigenvalue weighted by atomic mass is 10.1. The Bertz CT molecular complexity index is 459. The smallest absolute Gasteiger partial charge is 0.415 e. The molecule has 0 N–H and O–H groups in total. The second-order valence-electron chi connectivity index (χ2n) is 6.08. The van der Waals surface area contributed by atoms with Crippen molar-refractivity contribution < 1.29 is 14.3 Å². The molecule has 0 bridgehead atoms. The van der Waals surface area contributed by atoms with Crippen LogP contribution in [-0.4, -0.2) is 29.7 Å². The lowest BCUT2D eigenvalue weighted by Crippen LogP contribution is -2.37. The average Bonchev–Trinajstić information content (AvgIpc) is 2.40. The molecule has 1 saturated heterocycles. The number of carbonyl (C=O) groups excluding carboxylic acids is 1. The zero-order valence-corrected chi connectivity index (χ0v) is 12.5. The maximum absolute atomic E-state index is 12.1. The summed E-state index contributed by atoms with van der Waals surface area (Å²) >= 11 is 0. The number of hydrogen-bond acceptors (Lipinski definition) is 3. The molecule has 1 amide bonds. The zero-order chi connectivity index (χ0) is 14.6. The van der Waals surface area contributed by atoms with E-state index in [2.05, 4.69) is 0 Å². The molecule has 0 spiro atoms. The second kappa shape index (κ2) is 6.16. The van der Waals surface area contributed by atoms with Crippen LogP contribution in [0.3, 0.4) is 0 Å². The van der Waals surface area contributed by atoms with E-state index in [0.29, 0.717) is 11.5 Å². The summed E-state index contributed by atoms with van der Waals surface area (Å²) in [4.78, 5) is 13.9. The molecular formula is C16H23NO3. The van der Waals surface area contributed by atoms with Crippen molar-refractivity contribution in [1.82, 2.24) is 4.90 Å². The van der Waals surface area contributed by atoms with Crippen LogP contribution in [0, 0.1) is 0 Å². The molecule has 1 aliphatic rings.